The number of para-hydroxylation sites is 1. The summed E-state index contributed by atoms with van der Waals surface area (Å²) in [5.74, 6) is -0.884. The molecule has 0 radical (unpaired) electrons. The van der Waals surface area contributed by atoms with Crippen molar-refractivity contribution >= 4 is 17.7 Å². The van der Waals surface area contributed by atoms with E-state index in [1.165, 1.54) is 36.4 Å². The van der Waals surface area contributed by atoms with Crippen molar-refractivity contribution in [1.82, 2.24) is 0 Å². The van der Waals surface area contributed by atoms with Gasteiger partial charge in [0.1, 0.15) is 11.6 Å². The molecular weight excluding hydrogens is 307 g/mol. The number of amides is 1. The summed E-state index contributed by atoms with van der Waals surface area (Å²) in [5, 5.41) is 2.59. The van der Waals surface area contributed by atoms with Crippen molar-refractivity contribution in [1.29, 1.82) is 0 Å². The van der Waals surface area contributed by atoms with Crippen LogP contribution in [0.25, 0.3) is 6.08 Å². The van der Waals surface area contributed by atoms with E-state index in [0.29, 0.717) is 16.8 Å². The van der Waals surface area contributed by atoms with Gasteiger partial charge in [0.2, 0.25) is 5.91 Å². The van der Waals surface area contributed by atoms with E-state index >= 15 is 0 Å². The van der Waals surface area contributed by atoms with Gasteiger partial charge < -0.3 is 10.1 Å². The Morgan fingerprint density at radius 3 is 2.65 bits per heavy atom. The molecule has 0 aliphatic rings. The minimum Gasteiger partial charge on any atom is -0.434 e. The number of halogens is 3. The number of carbonyl (C=O) groups excluding carboxylic acids is 1. The predicted octanol–water partition coefficient (Wildman–Crippen LogP) is 4.39. The van der Waals surface area contributed by atoms with Gasteiger partial charge in [-0.2, -0.15) is 8.78 Å². The third-order valence-electron chi connectivity index (χ3n) is 3.00. The van der Waals surface area contributed by atoms with Gasteiger partial charge >= 0.3 is 6.61 Å². The van der Waals surface area contributed by atoms with Gasteiger partial charge in [0.05, 0.1) is 0 Å². The number of hydrogen-bond donors (Lipinski definition) is 1. The molecule has 0 atom stereocenters. The molecule has 0 aliphatic carbocycles. The van der Waals surface area contributed by atoms with Gasteiger partial charge in [-0.25, -0.2) is 4.39 Å². The molecule has 0 bridgehead atoms. The van der Waals surface area contributed by atoms with E-state index in [9.17, 15) is 18.0 Å². The second kappa shape index (κ2) is 7.49. The molecule has 1 N–H and O–H groups in total. The van der Waals surface area contributed by atoms with Crippen molar-refractivity contribution < 1.29 is 22.7 Å². The molecule has 0 aliphatic heterocycles. The lowest BCUT2D eigenvalue weighted by Crippen LogP contribution is -2.09. The lowest BCUT2D eigenvalue weighted by molar-refractivity contribution is -0.111. The molecule has 6 heteroatoms. The molecule has 2 aromatic rings. The molecule has 0 fully saturated rings. The number of benzene rings is 2. The number of hydrogen-bond acceptors (Lipinski definition) is 2. The number of ether oxygens (including phenoxy) is 1. The van der Waals surface area contributed by atoms with E-state index in [0.717, 1.165) is 0 Å². The average Bonchev–Trinajstić information content (AvgIpc) is 2.49. The van der Waals surface area contributed by atoms with Gasteiger partial charge in [-0.05, 0) is 42.8 Å². The van der Waals surface area contributed by atoms with Crippen molar-refractivity contribution in [2.75, 3.05) is 5.32 Å². The highest BCUT2D eigenvalue weighted by Gasteiger charge is 2.08. The number of aryl methyl sites for hydroxylation is 1. The van der Waals surface area contributed by atoms with E-state index < -0.39 is 18.3 Å². The standard InChI is InChI=1S/C17H14F3NO2/c1-11-10-13(18)7-8-14(11)21-16(22)9-6-12-4-2-3-5-15(12)23-17(19)20/h2-10,17H,1H3,(H,21,22)/b9-6+. The molecule has 3 nitrogen and oxygen atoms in total. The van der Waals surface area contributed by atoms with Crippen molar-refractivity contribution in [2.45, 2.75) is 13.5 Å². The zero-order valence-corrected chi connectivity index (χ0v) is 12.2. The van der Waals surface area contributed by atoms with Crippen LogP contribution in [0.15, 0.2) is 48.5 Å². The van der Waals surface area contributed by atoms with Crippen LogP contribution >= 0.6 is 0 Å². The normalized spacial score (nSPS) is 11.0. The van der Waals surface area contributed by atoms with Crippen molar-refractivity contribution in [2.24, 2.45) is 0 Å². The van der Waals surface area contributed by atoms with Crippen LogP contribution in [0.3, 0.4) is 0 Å². The minimum atomic E-state index is -2.94. The lowest BCUT2D eigenvalue weighted by Gasteiger charge is -2.08. The molecule has 2 rings (SSSR count). The first kappa shape index (κ1) is 16.6. The van der Waals surface area contributed by atoms with Crippen LogP contribution in [0.2, 0.25) is 0 Å². The Kier molecular flexibility index (Phi) is 5.41. The summed E-state index contributed by atoms with van der Waals surface area (Å²) in [5.41, 5.74) is 1.39. The van der Waals surface area contributed by atoms with Gasteiger partial charge in [-0.3, -0.25) is 4.79 Å². The fraction of sp³-hybridized carbons (Fsp3) is 0.118. The summed E-state index contributed by atoms with van der Waals surface area (Å²) in [6, 6.07) is 10.1. The zero-order chi connectivity index (χ0) is 16.8. The number of carbonyl (C=O) groups is 1. The highest BCUT2D eigenvalue weighted by atomic mass is 19.3. The first-order valence-corrected chi connectivity index (χ1v) is 6.75. The number of anilines is 1. The van der Waals surface area contributed by atoms with Crippen LogP contribution in [0.5, 0.6) is 5.75 Å². The van der Waals surface area contributed by atoms with Crippen LogP contribution in [-0.4, -0.2) is 12.5 Å². The minimum absolute atomic E-state index is 0.0236. The fourth-order valence-electron chi connectivity index (χ4n) is 1.93. The summed E-state index contributed by atoms with van der Waals surface area (Å²) in [7, 11) is 0. The van der Waals surface area contributed by atoms with E-state index in [2.05, 4.69) is 10.1 Å². The zero-order valence-electron chi connectivity index (χ0n) is 12.2. The maximum absolute atomic E-state index is 13.0. The largest absolute Gasteiger partial charge is 0.434 e. The molecule has 0 unspecified atom stereocenters. The first-order chi connectivity index (χ1) is 11.0. The maximum atomic E-state index is 13.0. The molecule has 0 aromatic heterocycles. The number of rotatable bonds is 5. The smallest absolute Gasteiger partial charge is 0.387 e. The Balaban J connectivity index is 2.09. The molecule has 0 saturated heterocycles. The van der Waals surface area contributed by atoms with Gasteiger partial charge in [0, 0.05) is 17.3 Å². The Hall–Kier alpha value is -2.76. The van der Waals surface area contributed by atoms with Gasteiger partial charge in [0.25, 0.3) is 0 Å². The number of nitrogens with one attached hydrogen (secondary N) is 1. The SMILES string of the molecule is Cc1cc(F)ccc1NC(=O)/C=C/c1ccccc1OC(F)F. The summed E-state index contributed by atoms with van der Waals surface area (Å²) in [6.45, 7) is -1.28. The Labute approximate surface area is 131 Å². The van der Waals surface area contributed by atoms with E-state index in [1.807, 2.05) is 0 Å². The second-order valence-corrected chi connectivity index (χ2v) is 4.70. The third-order valence-corrected chi connectivity index (χ3v) is 3.00. The molecule has 23 heavy (non-hydrogen) atoms. The van der Waals surface area contributed by atoms with Gasteiger partial charge in [-0.1, -0.05) is 18.2 Å². The Bertz CT molecular complexity index is 730. The Morgan fingerprint density at radius 2 is 1.96 bits per heavy atom. The van der Waals surface area contributed by atoms with Crippen molar-refractivity contribution in [3.63, 3.8) is 0 Å². The topological polar surface area (TPSA) is 38.3 Å². The van der Waals surface area contributed by atoms with Gasteiger partial charge in [-0.15, -0.1) is 0 Å². The fourth-order valence-corrected chi connectivity index (χ4v) is 1.93. The molecule has 1 amide bonds. The average molecular weight is 321 g/mol. The Morgan fingerprint density at radius 1 is 1.22 bits per heavy atom. The third kappa shape index (κ3) is 4.88. The number of alkyl halides is 2. The van der Waals surface area contributed by atoms with Crippen LogP contribution in [0.1, 0.15) is 11.1 Å². The predicted molar refractivity (Wildman–Crippen MR) is 81.9 cm³/mol. The van der Waals surface area contributed by atoms with Crippen LogP contribution in [0, 0.1) is 12.7 Å². The van der Waals surface area contributed by atoms with Crippen molar-refractivity contribution in [3.8, 4) is 5.75 Å². The van der Waals surface area contributed by atoms with Crippen LogP contribution in [0.4, 0.5) is 18.9 Å². The summed E-state index contributed by atoms with van der Waals surface area (Å²) < 4.78 is 42.0. The van der Waals surface area contributed by atoms with Gasteiger partial charge in [0.15, 0.2) is 0 Å². The highest BCUT2D eigenvalue weighted by molar-refractivity contribution is 6.02. The molecule has 0 heterocycles. The molecule has 0 spiro atoms. The van der Waals surface area contributed by atoms with E-state index in [4.69, 9.17) is 0 Å². The highest BCUT2D eigenvalue weighted by Crippen LogP contribution is 2.22. The monoisotopic (exact) mass is 321 g/mol. The van der Waals surface area contributed by atoms with E-state index in [1.54, 1.807) is 25.1 Å². The van der Waals surface area contributed by atoms with E-state index in [-0.39, 0.29) is 5.75 Å². The van der Waals surface area contributed by atoms with Crippen LogP contribution in [-0.2, 0) is 4.79 Å². The molecule has 120 valence electrons. The molecular formula is C17H14F3NO2. The second-order valence-electron chi connectivity index (χ2n) is 4.70. The molecule has 0 saturated carbocycles. The van der Waals surface area contributed by atoms with Crippen LogP contribution < -0.4 is 10.1 Å². The van der Waals surface area contributed by atoms with Crippen molar-refractivity contribution in [3.05, 3.63) is 65.5 Å². The first-order valence-electron chi connectivity index (χ1n) is 6.75. The summed E-state index contributed by atoms with van der Waals surface area (Å²) in [6.07, 6.45) is 2.56. The molecule has 2 aromatic carbocycles. The quantitative estimate of drug-likeness (QED) is 0.830. The lowest BCUT2D eigenvalue weighted by atomic mass is 10.1. The summed E-state index contributed by atoms with van der Waals surface area (Å²) >= 11 is 0. The summed E-state index contributed by atoms with van der Waals surface area (Å²) in [4.78, 5) is 11.9. The maximum Gasteiger partial charge on any atom is 0.387 e.